The summed E-state index contributed by atoms with van der Waals surface area (Å²) in [6, 6.07) is 20.8. The van der Waals surface area contributed by atoms with Crippen molar-refractivity contribution >= 4 is 63.6 Å². The Balaban J connectivity index is 0.000000417. The molecular formula is C39H52F6O8S4. The van der Waals surface area contributed by atoms with E-state index in [0.29, 0.717) is 38.4 Å². The minimum Gasteiger partial charge on any atom is -0.741 e. The van der Waals surface area contributed by atoms with E-state index in [9.17, 15) is 36.6 Å². The predicted molar refractivity (Wildman–Crippen MR) is 218 cm³/mol. The Kier molecular flexibility index (Phi) is 19.1. The van der Waals surface area contributed by atoms with Crippen LogP contribution in [0.25, 0.3) is 21.5 Å². The van der Waals surface area contributed by atoms with Crippen molar-refractivity contribution in [1.82, 2.24) is 0 Å². The molecule has 57 heavy (non-hydrogen) atoms. The molecule has 4 aromatic rings. The number of halogens is 6. The number of aryl methyl sites for hydroxylation is 1. The maximum atomic E-state index is 10.7. The van der Waals surface area contributed by atoms with Crippen LogP contribution in [0.2, 0.25) is 0 Å². The number of hydrogen-bond donors (Lipinski definition) is 2. The lowest BCUT2D eigenvalue weighted by molar-refractivity contribution is -0.0522. The highest BCUT2D eigenvalue weighted by Gasteiger charge is 2.38. The number of hydrogen-bond acceptors (Lipinski definition) is 8. The lowest BCUT2D eigenvalue weighted by Gasteiger charge is -2.19. The van der Waals surface area contributed by atoms with Gasteiger partial charge in [0.15, 0.2) is 30.0 Å². The van der Waals surface area contributed by atoms with E-state index in [4.69, 9.17) is 25.9 Å². The molecule has 0 aliphatic rings. The minimum absolute atomic E-state index is 0.193. The summed E-state index contributed by atoms with van der Waals surface area (Å²) in [6.07, 6.45) is 0.950. The van der Waals surface area contributed by atoms with Crippen molar-refractivity contribution in [3.8, 4) is 11.5 Å². The van der Waals surface area contributed by atoms with Gasteiger partial charge in [-0.25, -0.2) is 16.8 Å². The average molecular weight is 891 g/mol. The molecule has 4 rings (SSSR count). The first kappa shape index (κ1) is 52.1. The zero-order valence-corrected chi connectivity index (χ0v) is 36.9. The fraction of sp³-hybridized carbons (Fsp3) is 0.487. The van der Waals surface area contributed by atoms with E-state index in [-0.39, 0.29) is 21.8 Å². The molecule has 0 radical (unpaired) electrons. The van der Waals surface area contributed by atoms with Gasteiger partial charge in [-0.3, -0.25) is 0 Å². The van der Waals surface area contributed by atoms with E-state index < -0.39 is 31.3 Å². The highest BCUT2D eigenvalue weighted by molar-refractivity contribution is 7.98. The standard InChI is InChI=1S/C19H26OS.C18H24OS.2CHF3O3S/c1-12(2)15-10-11-18(21(13(3)4)14(5)6)16-8-7-9-17(20)19(15)16;1-6-14-10-11-17(20(12(2)3)13(4)5)15-8-7-9-16(19)18(14)15;2*2-1(3,4)8(5,6)7/h7-14H,1-6H3;7-13H,6H2,1-5H3;2*(H,5,6,7). The van der Waals surface area contributed by atoms with E-state index in [1.807, 2.05) is 12.1 Å². The summed E-state index contributed by atoms with van der Waals surface area (Å²) in [7, 11) is -11.8. The van der Waals surface area contributed by atoms with Crippen LogP contribution < -0.4 is 0 Å². The Morgan fingerprint density at radius 1 is 0.561 bits per heavy atom. The van der Waals surface area contributed by atoms with Gasteiger partial charge in [0.25, 0.3) is 0 Å². The summed E-state index contributed by atoms with van der Waals surface area (Å²) in [5.74, 6) is 1.24. The van der Waals surface area contributed by atoms with Crippen LogP contribution in [-0.4, -0.2) is 68.2 Å². The molecule has 0 fully saturated rings. The Morgan fingerprint density at radius 3 is 1.18 bits per heavy atom. The normalized spacial score (nSPS) is 12.7. The number of phenolic OH excluding ortho intramolecular Hbond substituents is 2. The third kappa shape index (κ3) is 14.1. The van der Waals surface area contributed by atoms with Gasteiger partial charge in [0.05, 0.1) is 0 Å². The topological polar surface area (TPSA) is 155 Å². The zero-order chi connectivity index (χ0) is 44.6. The van der Waals surface area contributed by atoms with Crippen LogP contribution in [0.15, 0.2) is 70.5 Å². The van der Waals surface area contributed by atoms with Crippen molar-refractivity contribution in [3.63, 3.8) is 0 Å². The Hall–Kier alpha value is -2.90. The second-order valence-electron chi connectivity index (χ2n) is 14.0. The Bertz CT molecular complexity index is 2090. The minimum atomic E-state index is -6.09. The number of alkyl halides is 6. The zero-order valence-electron chi connectivity index (χ0n) is 33.6. The number of aromatic hydroxyl groups is 2. The van der Waals surface area contributed by atoms with Gasteiger partial charge >= 0.3 is 11.0 Å². The van der Waals surface area contributed by atoms with E-state index in [0.717, 1.165) is 17.2 Å². The summed E-state index contributed by atoms with van der Waals surface area (Å²) < 4.78 is 118. The predicted octanol–water partition coefficient (Wildman–Crippen LogP) is 10.5. The first-order chi connectivity index (χ1) is 25.8. The largest absolute Gasteiger partial charge is 0.741 e. The van der Waals surface area contributed by atoms with Gasteiger partial charge in [-0.05, 0) is 115 Å². The van der Waals surface area contributed by atoms with Crippen LogP contribution >= 0.6 is 0 Å². The van der Waals surface area contributed by atoms with Gasteiger partial charge in [0, 0.05) is 43.3 Å². The molecule has 0 atom stereocenters. The highest BCUT2D eigenvalue weighted by atomic mass is 32.2. The van der Waals surface area contributed by atoms with Gasteiger partial charge in [-0.1, -0.05) is 45.0 Å². The van der Waals surface area contributed by atoms with Crippen LogP contribution in [0.1, 0.15) is 93.2 Å². The average Bonchev–Trinajstić information content (AvgIpc) is 3.04. The number of rotatable bonds is 8. The summed E-state index contributed by atoms with van der Waals surface area (Å²) in [6.45, 7) is 24.9. The van der Waals surface area contributed by atoms with Crippen molar-refractivity contribution in [3.05, 3.63) is 71.8 Å². The molecule has 0 amide bonds. The molecule has 0 saturated carbocycles. The first-order valence-electron chi connectivity index (χ1n) is 17.8. The molecule has 8 nitrogen and oxygen atoms in total. The molecule has 0 spiro atoms. The highest BCUT2D eigenvalue weighted by Crippen LogP contribution is 2.39. The fourth-order valence-corrected chi connectivity index (χ4v) is 11.6. The van der Waals surface area contributed by atoms with Crippen LogP contribution in [0.3, 0.4) is 0 Å². The van der Waals surface area contributed by atoms with E-state index >= 15 is 0 Å². The quantitative estimate of drug-likeness (QED) is 0.0767. The second-order valence-corrected chi connectivity index (χ2v) is 22.9. The van der Waals surface area contributed by atoms with Crippen molar-refractivity contribution in [2.45, 2.75) is 130 Å². The first-order valence-corrected chi connectivity index (χ1v) is 23.3. The molecule has 0 aliphatic heterocycles. The molecule has 18 heteroatoms. The molecule has 0 unspecified atom stereocenters. The molecule has 0 aromatic heterocycles. The van der Waals surface area contributed by atoms with Gasteiger partial charge in [0.2, 0.25) is 0 Å². The lowest BCUT2D eigenvalue weighted by Crippen LogP contribution is -2.24. The SMILES string of the molecule is CC(C)c1ccc([S+](C(C)C)C(C)C)c2cccc(O)c12.CCc1ccc([S+](C(C)C)C(C)C)c2cccc(O)c12.O=S(=O)([O-])C(F)(F)F.O=S(=O)([O-])C(F)(F)F. The number of benzene rings is 4. The summed E-state index contributed by atoms with van der Waals surface area (Å²) in [5.41, 5.74) is -8.82. The number of fused-ring (bicyclic) bond motifs is 2. The monoisotopic (exact) mass is 890 g/mol. The fourth-order valence-electron chi connectivity index (χ4n) is 6.11. The van der Waals surface area contributed by atoms with Gasteiger partial charge in [-0.15, -0.1) is 0 Å². The molecule has 2 N–H and O–H groups in total. The summed E-state index contributed by atoms with van der Waals surface area (Å²) in [5, 5.41) is 27.7. The molecule has 0 saturated heterocycles. The summed E-state index contributed by atoms with van der Waals surface area (Å²) in [4.78, 5) is 2.80. The second kappa shape index (κ2) is 20.9. The van der Waals surface area contributed by atoms with Crippen molar-refractivity contribution in [2.75, 3.05) is 0 Å². The van der Waals surface area contributed by atoms with Crippen LogP contribution in [-0.2, 0) is 48.4 Å². The molecule has 322 valence electrons. The molecule has 0 bridgehead atoms. The van der Waals surface area contributed by atoms with E-state index in [1.165, 1.54) is 31.7 Å². The summed E-state index contributed by atoms with van der Waals surface area (Å²) >= 11 is 0. The van der Waals surface area contributed by atoms with Crippen molar-refractivity contribution < 1.29 is 62.5 Å². The third-order valence-corrected chi connectivity index (χ3v) is 15.1. The number of phenols is 2. The molecule has 0 heterocycles. The van der Waals surface area contributed by atoms with E-state index in [1.54, 1.807) is 12.1 Å². The van der Waals surface area contributed by atoms with Gasteiger partial charge < -0.3 is 19.3 Å². The van der Waals surface area contributed by atoms with Crippen LogP contribution in [0.5, 0.6) is 11.5 Å². The van der Waals surface area contributed by atoms with Gasteiger partial charge in [-0.2, -0.15) is 26.3 Å². The van der Waals surface area contributed by atoms with Crippen molar-refractivity contribution in [2.24, 2.45) is 0 Å². The van der Waals surface area contributed by atoms with Crippen LogP contribution in [0.4, 0.5) is 26.3 Å². The third-order valence-electron chi connectivity index (χ3n) is 8.18. The molecular weight excluding hydrogens is 839 g/mol. The molecule has 0 aliphatic carbocycles. The lowest BCUT2D eigenvalue weighted by atomic mass is 9.95. The van der Waals surface area contributed by atoms with Gasteiger partial charge in [0.1, 0.15) is 32.5 Å². The molecule has 4 aromatic carbocycles. The maximum Gasteiger partial charge on any atom is 0.485 e. The van der Waals surface area contributed by atoms with Crippen molar-refractivity contribution in [1.29, 1.82) is 0 Å². The Morgan fingerprint density at radius 2 is 0.877 bits per heavy atom. The smallest absolute Gasteiger partial charge is 0.485 e. The maximum absolute atomic E-state index is 10.7. The van der Waals surface area contributed by atoms with E-state index in [2.05, 4.69) is 113 Å². The Labute approximate surface area is 338 Å². The van der Waals surface area contributed by atoms with Crippen LogP contribution in [0, 0.1) is 0 Å².